The molecule has 5 nitrogen and oxygen atoms in total. The molecule has 0 spiro atoms. The van der Waals surface area contributed by atoms with Gasteiger partial charge in [-0.05, 0) is 44.5 Å². The van der Waals surface area contributed by atoms with Crippen molar-refractivity contribution in [3.63, 3.8) is 0 Å². The first kappa shape index (κ1) is 16.9. The lowest BCUT2D eigenvalue weighted by atomic mass is 10.0. The van der Waals surface area contributed by atoms with Crippen molar-refractivity contribution in [2.75, 3.05) is 26.2 Å². The van der Waals surface area contributed by atoms with E-state index in [1.807, 2.05) is 7.05 Å². The van der Waals surface area contributed by atoms with Crippen LogP contribution in [0, 0.1) is 0 Å². The molecule has 1 aliphatic rings. The van der Waals surface area contributed by atoms with Gasteiger partial charge in [0.2, 0.25) is 0 Å². The van der Waals surface area contributed by atoms with Gasteiger partial charge in [-0.2, -0.15) is 0 Å². The second-order valence-electron chi connectivity index (χ2n) is 6.04. The van der Waals surface area contributed by atoms with E-state index in [1.165, 1.54) is 31.4 Å². The number of guanidine groups is 1. The van der Waals surface area contributed by atoms with Crippen molar-refractivity contribution in [1.29, 1.82) is 0 Å². The van der Waals surface area contributed by atoms with Crippen molar-refractivity contribution in [1.82, 2.24) is 20.1 Å². The van der Waals surface area contributed by atoms with E-state index in [4.69, 9.17) is 4.99 Å². The van der Waals surface area contributed by atoms with E-state index in [2.05, 4.69) is 52.4 Å². The second-order valence-corrected chi connectivity index (χ2v) is 6.04. The number of nitrogens with zero attached hydrogens (tertiary/aromatic N) is 3. The van der Waals surface area contributed by atoms with Gasteiger partial charge in [-0.25, -0.2) is 4.99 Å². The molecule has 1 atom stereocenters. The van der Waals surface area contributed by atoms with Crippen molar-refractivity contribution >= 4 is 5.96 Å². The maximum absolute atomic E-state index is 4.69. The van der Waals surface area contributed by atoms with E-state index in [-0.39, 0.29) is 0 Å². The number of nitrogens with one attached hydrogen (secondary N) is 2. The number of likely N-dealkylation sites (N-methyl/N-ethyl adjacent to an activating group) is 1. The Bertz CT molecular complexity index is 465. The summed E-state index contributed by atoms with van der Waals surface area (Å²) in [7, 11) is 2.04. The second kappa shape index (κ2) is 8.83. The van der Waals surface area contributed by atoms with Gasteiger partial charge in [0.25, 0.3) is 0 Å². The van der Waals surface area contributed by atoms with Gasteiger partial charge in [-0.3, -0.25) is 4.90 Å². The molecule has 2 N–H and O–H groups in total. The molecule has 2 rings (SSSR count). The molecule has 124 valence electrons. The minimum absolute atomic E-state index is 0.638. The Hall–Kier alpha value is -1.49. The fourth-order valence-corrected chi connectivity index (χ4v) is 3.09. The molecule has 1 fully saturated rings. The Labute approximate surface area is 134 Å². The molecule has 1 unspecified atom stereocenters. The van der Waals surface area contributed by atoms with Gasteiger partial charge in [0.1, 0.15) is 0 Å². The van der Waals surface area contributed by atoms with Gasteiger partial charge in [0.05, 0.1) is 6.54 Å². The molecule has 1 aromatic rings. The Morgan fingerprint density at radius 1 is 1.32 bits per heavy atom. The minimum Gasteiger partial charge on any atom is -0.357 e. The number of likely N-dealkylation sites (tertiary alicyclic amines) is 1. The van der Waals surface area contributed by atoms with E-state index < -0.39 is 0 Å². The van der Waals surface area contributed by atoms with Crippen LogP contribution in [0.5, 0.6) is 0 Å². The van der Waals surface area contributed by atoms with Crippen LogP contribution >= 0.6 is 0 Å². The number of aryl methyl sites for hydroxylation is 1. The molecule has 1 aromatic heterocycles. The molecule has 5 heteroatoms. The number of rotatable bonds is 6. The third-order valence-electron chi connectivity index (χ3n) is 4.32. The maximum Gasteiger partial charge on any atom is 0.191 e. The van der Waals surface area contributed by atoms with Crippen LogP contribution in [0.3, 0.4) is 0 Å². The van der Waals surface area contributed by atoms with Crippen molar-refractivity contribution in [3.8, 4) is 0 Å². The predicted octanol–water partition coefficient (Wildman–Crippen LogP) is 1.95. The summed E-state index contributed by atoms with van der Waals surface area (Å²) >= 11 is 0. The average Bonchev–Trinajstić information content (AvgIpc) is 2.96. The normalized spacial score (nSPS) is 20.1. The highest BCUT2D eigenvalue weighted by molar-refractivity contribution is 5.79. The zero-order valence-electron chi connectivity index (χ0n) is 14.3. The number of hydrogen-bond acceptors (Lipinski definition) is 2. The summed E-state index contributed by atoms with van der Waals surface area (Å²) < 4.78 is 2.06. The third-order valence-corrected chi connectivity index (χ3v) is 4.32. The lowest BCUT2D eigenvalue weighted by Crippen LogP contribution is -2.49. The lowest BCUT2D eigenvalue weighted by Gasteiger charge is -2.35. The fraction of sp³-hybridized carbons (Fsp3) is 0.706. The first-order valence-electron chi connectivity index (χ1n) is 8.60. The smallest absolute Gasteiger partial charge is 0.191 e. The molecule has 22 heavy (non-hydrogen) atoms. The fourth-order valence-electron chi connectivity index (χ4n) is 3.09. The van der Waals surface area contributed by atoms with Crippen molar-refractivity contribution in [2.24, 2.45) is 12.0 Å². The molecule has 0 aliphatic carbocycles. The molecule has 0 saturated carbocycles. The highest BCUT2D eigenvalue weighted by atomic mass is 15.2. The standard InChI is InChI=1S/C17H31N5/c1-4-18-17(19-12-15-9-11-21(3)14-15)20-13-16-8-6-7-10-22(16)5-2/h9,11,14,16H,4-8,10,12-13H2,1-3H3,(H2,18,19,20). The SMILES string of the molecule is CCNC(=NCc1ccn(C)c1)NCC1CCCCN1CC. The van der Waals surface area contributed by atoms with Gasteiger partial charge in [-0.1, -0.05) is 13.3 Å². The van der Waals surface area contributed by atoms with Gasteiger partial charge >= 0.3 is 0 Å². The molecule has 0 bridgehead atoms. The average molecular weight is 305 g/mol. The lowest BCUT2D eigenvalue weighted by molar-refractivity contribution is 0.157. The number of aliphatic imine (C=N–C) groups is 1. The predicted molar refractivity (Wildman–Crippen MR) is 93.1 cm³/mol. The summed E-state index contributed by atoms with van der Waals surface area (Å²) in [5.41, 5.74) is 1.24. The van der Waals surface area contributed by atoms with Gasteiger partial charge in [0.15, 0.2) is 5.96 Å². The van der Waals surface area contributed by atoms with Crippen molar-refractivity contribution in [2.45, 2.75) is 45.7 Å². The largest absolute Gasteiger partial charge is 0.357 e. The number of piperidine rings is 1. The minimum atomic E-state index is 0.638. The van der Waals surface area contributed by atoms with Crippen LogP contribution in [0.4, 0.5) is 0 Å². The molecular weight excluding hydrogens is 274 g/mol. The zero-order valence-corrected chi connectivity index (χ0v) is 14.3. The topological polar surface area (TPSA) is 44.6 Å². The molecule has 0 amide bonds. The Balaban J connectivity index is 1.87. The molecule has 0 radical (unpaired) electrons. The van der Waals surface area contributed by atoms with Crippen molar-refractivity contribution in [3.05, 3.63) is 24.0 Å². The molecule has 1 aliphatic heterocycles. The zero-order chi connectivity index (χ0) is 15.8. The van der Waals surface area contributed by atoms with E-state index in [9.17, 15) is 0 Å². The summed E-state index contributed by atoms with van der Waals surface area (Å²) in [6, 6.07) is 2.76. The van der Waals surface area contributed by atoms with E-state index in [1.54, 1.807) is 0 Å². The van der Waals surface area contributed by atoms with Crippen LogP contribution in [0.2, 0.25) is 0 Å². The first-order valence-corrected chi connectivity index (χ1v) is 8.60. The summed E-state index contributed by atoms with van der Waals surface area (Å²) in [4.78, 5) is 7.28. The van der Waals surface area contributed by atoms with Gasteiger partial charge < -0.3 is 15.2 Å². The maximum atomic E-state index is 4.69. The third kappa shape index (κ3) is 5.05. The quantitative estimate of drug-likeness (QED) is 0.624. The molecule has 1 saturated heterocycles. The Morgan fingerprint density at radius 3 is 2.86 bits per heavy atom. The number of aromatic nitrogens is 1. The van der Waals surface area contributed by atoms with Crippen molar-refractivity contribution < 1.29 is 0 Å². The Kier molecular flexibility index (Phi) is 6.77. The van der Waals surface area contributed by atoms with Gasteiger partial charge in [-0.15, -0.1) is 0 Å². The van der Waals surface area contributed by atoms with Crippen LogP contribution in [-0.2, 0) is 13.6 Å². The summed E-state index contributed by atoms with van der Waals surface area (Å²) in [5, 5.41) is 6.87. The Morgan fingerprint density at radius 2 is 2.18 bits per heavy atom. The molecular formula is C17H31N5. The van der Waals surface area contributed by atoms with Gasteiger partial charge in [0, 0.05) is 38.6 Å². The van der Waals surface area contributed by atoms with E-state index in [0.717, 1.165) is 32.1 Å². The summed E-state index contributed by atoms with van der Waals surface area (Å²) in [5.74, 6) is 0.924. The summed E-state index contributed by atoms with van der Waals surface area (Å²) in [6.07, 6.45) is 8.16. The highest BCUT2D eigenvalue weighted by Crippen LogP contribution is 2.15. The number of hydrogen-bond donors (Lipinski definition) is 2. The van der Waals surface area contributed by atoms with Crippen LogP contribution in [0.1, 0.15) is 38.7 Å². The van der Waals surface area contributed by atoms with Crippen LogP contribution in [-0.4, -0.2) is 47.6 Å². The van der Waals surface area contributed by atoms with E-state index in [0.29, 0.717) is 6.04 Å². The van der Waals surface area contributed by atoms with Crippen LogP contribution in [0.15, 0.2) is 23.5 Å². The van der Waals surface area contributed by atoms with E-state index >= 15 is 0 Å². The monoisotopic (exact) mass is 305 g/mol. The molecule has 2 heterocycles. The highest BCUT2D eigenvalue weighted by Gasteiger charge is 2.20. The molecule has 0 aromatic carbocycles. The van der Waals surface area contributed by atoms with Crippen LogP contribution in [0.25, 0.3) is 0 Å². The first-order chi connectivity index (χ1) is 10.7. The van der Waals surface area contributed by atoms with Crippen LogP contribution < -0.4 is 10.6 Å². The summed E-state index contributed by atoms with van der Waals surface area (Å²) in [6.45, 7) is 9.34.